The Morgan fingerprint density at radius 3 is 2.72 bits per heavy atom. The Labute approximate surface area is 152 Å². The molecule has 1 unspecified atom stereocenters. The minimum atomic E-state index is 0.306. The summed E-state index contributed by atoms with van der Waals surface area (Å²) in [4.78, 5) is 4.58. The van der Waals surface area contributed by atoms with E-state index in [1.807, 2.05) is 0 Å². The summed E-state index contributed by atoms with van der Waals surface area (Å²) in [6.07, 6.45) is 5.62. The number of guanidine groups is 1. The van der Waals surface area contributed by atoms with Crippen molar-refractivity contribution in [2.24, 2.45) is 4.99 Å². The van der Waals surface area contributed by atoms with E-state index in [1.54, 1.807) is 7.11 Å². The molecule has 0 aromatic heterocycles. The maximum atomic E-state index is 5.65. The van der Waals surface area contributed by atoms with Crippen LogP contribution in [-0.4, -0.2) is 78.4 Å². The molecule has 25 heavy (non-hydrogen) atoms. The lowest BCUT2D eigenvalue weighted by atomic mass is 10.2. The number of hydrogen-bond acceptors (Lipinski definition) is 5. The normalized spacial score (nSPS) is 17.8. The maximum absolute atomic E-state index is 5.65. The second-order valence-electron chi connectivity index (χ2n) is 6.06. The van der Waals surface area contributed by atoms with E-state index in [9.17, 15) is 0 Å². The van der Waals surface area contributed by atoms with Crippen LogP contribution < -0.4 is 10.6 Å². The number of nitrogens with zero attached hydrogens (tertiary/aromatic N) is 1. The smallest absolute Gasteiger partial charge is 0.191 e. The van der Waals surface area contributed by atoms with Crippen molar-refractivity contribution in [3.63, 3.8) is 0 Å². The van der Waals surface area contributed by atoms with Crippen molar-refractivity contribution in [1.29, 1.82) is 0 Å². The average molecular weight is 360 g/mol. The second-order valence-corrected chi connectivity index (χ2v) is 6.06. The van der Waals surface area contributed by atoms with Gasteiger partial charge in [0.05, 0.1) is 25.9 Å². The van der Waals surface area contributed by atoms with E-state index >= 15 is 0 Å². The van der Waals surface area contributed by atoms with Gasteiger partial charge in [0, 0.05) is 46.6 Å². The fraction of sp³-hybridized carbons (Fsp3) is 0.944. The first-order chi connectivity index (χ1) is 12.4. The summed E-state index contributed by atoms with van der Waals surface area (Å²) < 4.78 is 21.6. The number of rotatable bonds is 15. The van der Waals surface area contributed by atoms with Crippen molar-refractivity contribution in [3.05, 3.63) is 0 Å². The third-order valence-corrected chi connectivity index (χ3v) is 3.83. The zero-order valence-electron chi connectivity index (χ0n) is 16.1. The van der Waals surface area contributed by atoms with E-state index in [4.69, 9.17) is 18.9 Å². The highest BCUT2D eigenvalue weighted by Crippen LogP contribution is 2.11. The lowest BCUT2D eigenvalue weighted by Crippen LogP contribution is -2.38. The highest BCUT2D eigenvalue weighted by Gasteiger charge is 2.14. The van der Waals surface area contributed by atoms with Gasteiger partial charge in [-0.1, -0.05) is 0 Å². The van der Waals surface area contributed by atoms with Crippen LogP contribution in [0.15, 0.2) is 4.99 Å². The van der Waals surface area contributed by atoms with Crippen LogP contribution in [0.4, 0.5) is 0 Å². The summed E-state index contributed by atoms with van der Waals surface area (Å²) in [7, 11) is 1.69. The molecule has 2 N–H and O–H groups in total. The number of aliphatic imine (C=N–C) groups is 1. The Morgan fingerprint density at radius 1 is 1.08 bits per heavy atom. The van der Waals surface area contributed by atoms with E-state index < -0.39 is 0 Å². The minimum Gasteiger partial charge on any atom is -0.382 e. The fourth-order valence-corrected chi connectivity index (χ4v) is 2.47. The molecule has 1 atom stereocenters. The SMILES string of the molecule is CCNC(=NCCCOCC1CCCO1)NCCCCOCCOC. The van der Waals surface area contributed by atoms with Crippen molar-refractivity contribution in [3.8, 4) is 0 Å². The van der Waals surface area contributed by atoms with E-state index in [1.165, 1.54) is 0 Å². The van der Waals surface area contributed by atoms with Gasteiger partial charge in [0.1, 0.15) is 0 Å². The summed E-state index contributed by atoms with van der Waals surface area (Å²) in [5.74, 6) is 0.877. The van der Waals surface area contributed by atoms with Crippen LogP contribution in [0.2, 0.25) is 0 Å². The molecule has 0 spiro atoms. The Bertz CT molecular complexity index is 323. The van der Waals surface area contributed by atoms with Gasteiger partial charge in [0.2, 0.25) is 0 Å². The molecule has 0 saturated carbocycles. The lowest BCUT2D eigenvalue weighted by molar-refractivity contribution is 0.0171. The Kier molecular flexibility index (Phi) is 14.7. The van der Waals surface area contributed by atoms with Crippen LogP contribution in [0.5, 0.6) is 0 Å². The average Bonchev–Trinajstić information content (AvgIpc) is 3.13. The molecule has 1 fully saturated rings. The number of methoxy groups -OCH3 is 1. The van der Waals surface area contributed by atoms with Gasteiger partial charge in [0.15, 0.2) is 5.96 Å². The molecule has 1 heterocycles. The van der Waals surface area contributed by atoms with Gasteiger partial charge < -0.3 is 29.6 Å². The van der Waals surface area contributed by atoms with E-state index in [2.05, 4.69) is 22.5 Å². The quantitative estimate of drug-likeness (QED) is 0.263. The molecule has 0 radical (unpaired) electrons. The molecule has 1 aliphatic rings. The first-order valence-electron chi connectivity index (χ1n) is 9.65. The predicted molar refractivity (Wildman–Crippen MR) is 100 cm³/mol. The van der Waals surface area contributed by atoms with Gasteiger partial charge in [-0.05, 0) is 39.0 Å². The zero-order chi connectivity index (χ0) is 18.0. The molecule has 7 nitrogen and oxygen atoms in total. The third kappa shape index (κ3) is 13.0. The Balaban J connectivity index is 1.98. The predicted octanol–water partition coefficient (Wildman–Crippen LogP) is 1.57. The molecule has 0 aliphatic carbocycles. The molecule has 7 heteroatoms. The van der Waals surface area contributed by atoms with Crippen LogP contribution in [0.3, 0.4) is 0 Å². The summed E-state index contributed by atoms with van der Waals surface area (Å²) in [5.41, 5.74) is 0. The van der Waals surface area contributed by atoms with Gasteiger partial charge in [-0.3, -0.25) is 4.99 Å². The van der Waals surface area contributed by atoms with Gasteiger partial charge in [-0.25, -0.2) is 0 Å². The standard InChI is InChI=1S/C18H37N3O4/c1-3-19-18(20-9-4-5-11-23-15-14-22-2)21-10-7-12-24-16-17-8-6-13-25-17/h17H,3-16H2,1-2H3,(H2,19,20,21). The van der Waals surface area contributed by atoms with Crippen molar-refractivity contribution in [2.75, 3.05) is 66.4 Å². The molecule has 1 rings (SSSR count). The van der Waals surface area contributed by atoms with Gasteiger partial charge in [0.25, 0.3) is 0 Å². The lowest BCUT2D eigenvalue weighted by Gasteiger charge is -2.12. The molecule has 148 valence electrons. The molecule has 0 aromatic carbocycles. The van der Waals surface area contributed by atoms with E-state index in [0.29, 0.717) is 25.9 Å². The van der Waals surface area contributed by atoms with Crippen LogP contribution >= 0.6 is 0 Å². The van der Waals surface area contributed by atoms with Crippen LogP contribution in [-0.2, 0) is 18.9 Å². The highest BCUT2D eigenvalue weighted by atomic mass is 16.5. The van der Waals surface area contributed by atoms with Gasteiger partial charge >= 0.3 is 0 Å². The third-order valence-electron chi connectivity index (χ3n) is 3.83. The van der Waals surface area contributed by atoms with Crippen LogP contribution in [0, 0.1) is 0 Å². The van der Waals surface area contributed by atoms with E-state index in [0.717, 1.165) is 77.5 Å². The van der Waals surface area contributed by atoms with Crippen molar-refractivity contribution >= 4 is 5.96 Å². The number of ether oxygens (including phenoxy) is 4. The summed E-state index contributed by atoms with van der Waals surface area (Å²) in [6.45, 7) is 9.05. The summed E-state index contributed by atoms with van der Waals surface area (Å²) in [6, 6.07) is 0. The first-order valence-corrected chi connectivity index (χ1v) is 9.65. The Hall–Kier alpha value is -0.890. The van der Waals surface area contributed by atoms with Gasteiger partial charge in [-0.2, -0.15) is 0 Å². The monoisotopic (exact) mass is 359 g/mol. The zero-order valence-corrected chi connectivity index (χ0v) is 16.1. The van der Waals surface area contributed by atoms with Crippen molar-refractivity contribution < 1.29 is 18.9 Å². The molecule has 0 bridgehead atoms. The molecule has 1 saturated heterocycles. The largest absolute Gasteiger partial charge is 0.382 e. The minimum absolute atomic E-state index is 0.306. The number of nitrogens with one attached hydrogen (secondary N) is 2. The second kappa shape index (κ2) is 16.6. The maximum Gasteiger partial charge on any atom is 0.191 e. The number of hydrogen-bond donors (Lipinski definition) is 2. The van der Waals surface area contributed by atoms with Crippen LogP contribution in [0.1, 0.15) is 39.0 Å². The summed E-state index contributed by atoms with van der Waals surface area (Å²) in [5, 5.41) is 6.62. The summed E-state index contributed by atoms with van der Waals surface area (Å²) >= 11 is 0. The molecular formula is C18H37N3O4. The van der Waals surface area contributed by atoms with Gasteiger partial charge in [-0.15, -0.1) is 0 Å². The van der Waals surface area contributed by atoms with Crippen molar-refractivity contribution in [2.45, 2.75) is 45.1 Å². The first kappa shape index (κ1) is 22.2. The molecule has 0 aromatic rings. The topological polar surface area (TPSA) is 73.3 Å². The Morgan fingerprint density at radius 2 is 1.96 bits per heavy atom. The van der Waals surface area contributed by atoms with Crippen LogP contribution in [0.25, 0.3) is 0 Å². The van der Waals surface area contributed by atoms with Crippen molar-refractivity contribution in [1.82, 2.24) is 10.6 Å². The number of unbranched alkanes of at least 4 members (excludes halogenated alkanes) is 1. The fourth-order valence-electron chi connectivity index (χ4n) is 2.47. The molecule has 0 amide bonds. The molecular weight excluding hydrogens is 322 g/mol. The highest BCUT2D eigenvalue weighted by molar-refractivity contribution is 5.79. The van der Waals surface area contributed by atoms with E-state index in [-0.39, 0.29) is 0 Å². The molecule has 1 aliphatic heterocycles.